The van der Waals surface area contributed by atoms with Crippen molar-refractivity contribution in [3.63, 3.8) is 0 Å². The van der Waals surface area contributed by atoms with Crippen molar-refractivity contribution in [2.45, 2.75) is 33.0 Å². The SMILES string of the molecule is Cc1cc(C)c(NC(c2ccccc2)C(F)(F)F)c(C)c1. The fourth-order valence-corrected chi connectivity index (χ4v) is 2.55. The van der Waals surface area contributed by atoms with Crippen LogP contribution in [-0.4, -0.2) is 6.18 Å². The summed E-state index contributed by atoms with van der Waals surface area (Å²) in [5.74, 6) is 0. The van der Waals surface area contributed by atoms with E-state index in [0.717, 1.165) is 16.7 Å². The number of aryl methyl sites for hydroxylation is 3. The van der Waals surface area contributed by atoms with Gasteiger partial charge in [-0.1, -0.05) is 48.0 Å². The predicted octanol–water partition coefficient (Wildman–Crippen LogP) is 5.33. The molecule has 0 saturated heterocycles. The van der Waals surface area contributed by atoms with Gasteiger partial charge in [-0.2, -0.15) is 13.2 Å². The van der Waals surface area contributed by atoms with Crippen molar-refractivity contribution in [2.24, 2.45) is 0 Å². The third-order valence-corrected chi connectivity index (χ3v) is 3.43. The minimum atomic E-state index is -4.36. The van der Waals surface area contributed by atoms with Gasteiger partial charge in [0.2, 0.25) is 0 Å². The van der Waals surface area contributed by atoms with Gasteiger partial charge in [0.05, 0.1) is 0 Å². The van der Waals surface area contributed by atoms with Crippen LogP contribution in [0.15, 0.2) is 42.5 Å². The fraction of sp³-hybridized carbons (Fsp3) is 0.294. The van der Waals surface area contributed by atoms with E-state index in [2.05, 4.69) is 5.32 Å². The summed E-state index contributed by atoms with van der Waals surface area (Å²) >= 11 is 0. The maximum Gasteiger partial charge on any atom is 0.412 e. The molecule has 4 heteroatoms. The smallest absolute Gasteiger partial charge is 0.370 e. The Morgan fingerprint density at radius 1 is 0.905 bits per heavy atom. The number of alkyl halides is 3. The van der Waals surface area contributed by atoms with E-state index in [9.17, 15) is 13.2 Å². The molecule has 0 heterocycles. The van der Waals surface area contributed by atoms with Crippen molar-refractivity contribution in [2.75, 3.05) is 5.32 Å². The number of halogens is 3. The Labute approximate surface area is 122 Å². The lowest BCUT2D eigenvalue weighted by Gasteiger charge is -2.25. The highest BCUT2D eigenvalue weighted by atomic mass is 19.4. The number of hydrogen-bond acceptors (Lipinski definition) is 1. The van der Waals surface area contributed by atoms with Gasteiger partial charge >= 0.3 is 6.18 Å². The maximum absolute atomic E-state index is 13.4. The molecule has 0 saturated carbocycles. The van der Waals surface area contributed by atoms with Gasteiger partial charge in [0, 0.05) is 5.69 Å². The molecule has 0 aromatic heterocycles. The van der Waals surface area contributed by atoms with Gasteiger partial charge in [-0.3, -0.25) is 0 Å². The lowest BCUT2D eigenvalue weighted by Crippen LogP contribution is -2.28. The van der Waals surface area contributed by atoms with Crippen LogP contribution in [0.25, 0.3) is 0 Å². The normalized spacial score (nSPS) is 13.0. The standard InChI is InChI=1S/C17H18F3N/c1-11-9-12(2)15(13(3)10-11)21-16(17(18,19)20)14-7-5-4-6-8-14/h4-10,16,21H,1-3H3. The molecule has 1 atom stereocenters. The summed E-state index contributed by atoms with van der Waals surface area (Å²) in [7, 11) is 0. The lowest BCUT2D eigenvalue weighted by molar-refractivity contribution is -0.144. The Morgan fingerprint density at radius 2 is 1.43 bits per heavy atom. The zero-order chi connectivity index (χ0) is 15.6. The van der Waals surface area contributed by atoms with Gasteiger partial charge in [-0.05, 0) is 37.5 Å². The molecule has 0 spiro atoms. The van der Waals surface area contributed by atoms with Crippen LogP contribution in [0.3, 0.4) is 0 Å². The molecule has 0 fully saturated rings. The van der Waals surface area contributed by atoms with E-state index in [1.807, 2.05) is 32.9 Å². The molecule has 2 aromatic rings. The van der Waals surface area contributed by atoms with Crippen molar-refractivity contribution in [3.05, 3.63) is 64.7 Å². The molecule has 0 bridgehead atoms. The van der Waals surface area contributed by atoms with E-state index in [0.29, 0.717) is 5.69 Å². The second-order valence-corrected chi connectivity index (χ2v) is 5.30. The summed E-state index contributed by atoms with van der Waals surface area (Å²) < 4.78 is 40.1. The van der Waals surface area contributed by atoms with Crippen LogP contribution in [0.1, 0.15) is 28.3 Å². The Bertz CT molecular complexity index is 595. The molecule has 2 rings (SSSR count). The van der Waals surface area contributed by atoms with E-state index in [4.69, 9.17) is 0 Å². The van der Waals surface area contributed by atoms with Crippen molar-refractivity contribution in [1.82, 2.24) is 0 Å². The molecule has 0 amide bonds. The highest BCUT2D eigenvalue weighted by molar-refractivity contribution is 5.59. The van der Waals surface area contributed by atoms with Crippen molar-refractivity contribution in [1.29, 1.82) is 0 Å². The number of anilines is 1. The quantitative estimate of drug-likeness (QED) is 0.806. The van der Waals surface area contributed by atoms with Crippen LogP contribution in [0, 0.1) is 20.8 Å². The monoisotopic (exact) mass is 293 g/mol. The molecule has 0 aliphatic carbocycles. The van der Waals surface area contributed by atoms with E-state index in [-0.39, 0.29) is 5.56 Å². The Kier molecular flexibility index (Phi) is 4.26. The second kappa shape index (κ2) is 5.80. The molecule has 112 valence electrons. The summed E-state index contributed by atoms with van der Waals surface area (Å²) in [5, 5.41) is 2.67. The summed E-state index contributed by atoms with van der Waals surface area (Å²) in [5.41, 5.74) is 3.44. The van der Waals surface area contributed by atoms with Crippen LogP contribution in [-0.2, 0) is 0 Å². The minimum absolute atomic E-state index is 0.212. The first kappa shape index (κ1) is 15.4. The molecule has 1 nitrogen and oxygen atoms in total. The Morgan fingerprint density at radius 3 is 1.90 bits per heavy atom. The molecule has 21 heavy (non-hydrogen) atoms. The van der Waals surface area contributed by atoms with E-state index >= 15 is 0 Å². The Balaban J connectivity index is 2.42. The molecule has 1 unspecified atom stereocenters. The third-order valence-electron chi connectivity index (χ3n) is 3.43. The molecular formula is C17H18F3N. The van der Waals surface area contributed by atoms with Gasteiger partial charge in [0.1, 0.15) is 6.04 Å². The van der Waals surface area contributed by atoms with Crippen LogP contribution in [0.5, 0.6) is 0 Å². The van der Waals surface area contributed by atoms with Crippen molar-refractivity contribution >= 4 is 5.69 Å². The third kappa shape index (κ3) is 3.57. The van der Waals surface area contributed by atoms with Crippen LogP contribution >= 0.6 is 0 Å². The van der Waals surface area contributed by atoms with E-state index in [1.165, 1.54) is 12.1 Å². The molecule has 0 aliphatic heterocycles. The van der Waals surface area contributed by atoms with Crippen molar-refractivity contribution < 1.29 is 13.2 Å². The molecular weight excluding hydrogens is 275 g/mol. The first-order chi connectivity index (χ1) is 9.79. The topological polar surface area (TPSA) is 12.0 Å². The highest BCUT2D eigenvalue weighted by Crippen LogP contribution is 2.37. The van der Waals surface area contributed by atoms with Crippen LogP contribution in [0.2, 0.25) is 0 Å². The average molecular weight is 293 g/mol. The minimum Gasteiger partial charge on any atom is -0.370 e. The first-order valence-electron chi connectivity index (χ1n) is 6.75. The van der Waals surface area contributed by atoms with Crippen molar-refractivity contribution in [3.8, 4) is 0 Å². The summed E-state index contributed by atoms with van der Waals surface area (Å²) in [6.07, 6.45) is -4.36. The van der Waals surface area contributed by atoms with E-state index in [1.54, 1.807) is 18.2 Å². The number of hydrogen-bond donors (Lipinski definition) is 1. The average Bonchev–Trinajstić information content (AvgIpc) is 2.37. The van der Waals surface area contributed by atoms with Gasteiger partial charge in [-0.25, -0.2) is 0 Å². The largest absolute Gasteiger partial charge is 0.412 e. The zero-order valence-electron chi connectivity index (χ0n) is 12.3. The number of rotatable bonds is 3. The Hall–Kier alpha value is -1.97. The summed E-state index contributed by atoms with van der Waals surface area (Å²) in [4.78, 5) is 0. The van der Waals surface area contributed by atoms with Gasteiger partial charge < -0.3 is 5.32 Å². The zero-order valence-corrected chi connectivity index (χ0v) is 12.3. The number of nitrogens with one attached hydrogen (secondary N) is 1. The lowest BCUT2D eigenvalue weighted by atomic mass is 10.0. The van der Waals surface area contributed by atoms with Gasteiger partial charge in [-0.15, -0.1) is 0 Å². The predicted molar refractivity (Wildman–Crippen MR) is 79.5 cm³/mol. The second-order valence-electron chi connectivity index (χ2n) is 5.30. The summed E-state index contributed by atoms with van der Waals surface area (Å²) in [6.45, 7) is 5.57. The molecule has 0 aliphatic rings. The van der Waals surface area contributed by atoms with Crippen LogP contribution < -0.4 is 5.32 Å². The van der Waals surface area contributed by atoms with E-state index < -0.39 is 12.2 Å². The van der Waals surface area contributed by atoms with Crippen LogP contribution in [0.4, 0.5) is 18.9 Å². The molecule has 0 radical (unpaired) electrons. The first-order valence-corrected chi connectivity index (χ1v) is 6.75. The fourth-order valence-electron chi connectivity index (χ4n) is 2.55. The van der Waals surface area contributed by atoms with Gasteiger partial charge in [0.15, 0.2) is 0 Å². The number of benzene rings is 2. The van der Waals surface area contributed by atoms with Gasteiger partial charge in [0.25, 0.3) is 0 Å². The molecule has 2 aromatic carbocycles. The maximum atomic E-state index is 13.4. The summed E-state index contributed by atoms with van der Waals surface area (Å²) in [6, 6.07) is 9.98. The molecule has 1 N–H and O–H groups in total. The highest BCUT2D eigenvalue weighted by Gasteiger charge is 2.41.